The second-order valence-corrected chi connectivity index (χ2v) is 3.90. The van der Waals surface area contributed by atoms with Crippen LogP contribution in [0.2, 0.25) is 0 Å². The Kier molecular flexibility index (Phi) is 5.70. The molecule has 1 amide bonds. The molecule has 18 heavy (non-hydrogen) atoms. The molecule has 98 valence electrons. The first kappa shape index (κ1) is 14.0. The van der Waals surface area contributed by atoms with E-state index in [4.69, 9.17) is 9.84 Å². The first-order chi connectivity index (χ1) is 8.58. The van der Waals surface area contributed by atoms with Gasteiger partial charge in [-0.25, -0.2) is 0 Å². The number of carboxylic acids is 1. The molecule has 2 N–H and O–H groups in total. The standard InChI is InChI=1S/C13H17NO4/c1-10(15)14-11-5-7-12(8-6-11)18-9-3-2-4-13(16)17/h5-8H,2-4,9H2,1H3,(H,14,15)(H,16,17). The van der Waals surface area contributed by atoms with Gasteiger partial charge in [-0.1, -0.05) is 0 Å². The average molecular weight is 251 g/mol. The number of anilines is 1. The molecule has 0 heterocycles. The van der Waals surface area contributed by atoms with Gasteiger partial charge in [0.2, 0.25) is 5.91 Å². The van der Waals surface area contributed by atoms with Crippen LogP contribution in [-0.4, -0.2) is 23.6 Å². The van der Waals surface area contributed by atoms with E-state index in [-0.39, 0.29) is 12.3 Å². The van der Waals surface area contributed by atoms with Crippen LogP contribution < -0.4 is 10.1 Å². The molecule has 0 aliphatic rings. The first-order valence-electron chi connectivity index (χ1n) is 5.80. The van der Waals surface area contributed by atoms with Gasteiger partial charge in [0.15, 0.2) is 0 Å². The maximum absolute atomic E-state index is 10.8. The molecule has 1 rings (SSSR count). The van der Waals surface area contributed by atoms with E-state index in [1.165, 1.54) is 6.92 Å². The number of benzene rings is 1. The van der Waals surface area contributed by atoms with Crippen LogP contribution in [0.15, 0.2) is 24.3 Å². The van der Waals surface area contributed by atoms with Gasteiger partial charge in [-0.15, -0.1) is 0 Å². The highest BCUT2D eigenvalue weighted by Gasteiger charge is 1.99. The Balaban J connectivity index is 2.26. The van der Waals surface area contributed by atoms with E-state index in [2.05, 4.69) is 5.32 Å². The van der Waals surface area contributed by atoms with E-state index >= 15 is 0 Å². The Bertz CT molecular complexity index is 400. The van der Waals surface area contributed by atoms with Gasteiger partial charge in [0, 0.05) is 19.0 Å². The lowest BCUT2D eigenvalue weighted by molar-refractivity contribution is -0.137. The summed E-state index contributed by atoms with van der Waals surface area (Å²) in [6, 6.07) is 7.05. The van der Waals surface area contributed by atoms with Gasteiger partial charge in [0.05, 0.1) is 6.61 Å². The summed E-state index contributed by atoms with van der Waals surface area (Å²) in [5.41, 5.74) is 0.723. The summed E-state index contributed by atoms with van der Waals surface area (Å²) in [7, 11) is 0. The van der Waals surface area contributed by atoms with Crippen LogP contribution in [0.25, 0.3) is 0 Å². The SMILES string of the molecule is CC(=O)Nc1ccc(OCCCCC(=O)O)cc1. The third kappa shape index (κ3) is 5.89. The van der Waals surface area contributed by atoms with E-state index in [1.54, 1.807) is 24.3 Å². The Morgan fingerprint density at radius 1 is 1.22 bits per heavy atom. The summed E-state index contributed by atoms with van der Waals surface area (Å²) in [5.74, 6) is -0.188. The van der Waals surface area contributed by atoms with Gasteiger partial charge in [-0.05, 0) is 37.1 Å². The normalized spacial score (nSPS) is 9.83. The Morgan fingerprint density at radius 2 is 1.89 bits per heavy atom. The van der Waals surface area contributed by atoms with Crippen molar-refractivity contribution in [2.75, 3.05) is 11.9 Å². The van der Waals surface area contributed by atoms with Crippen LogP contribution in [0, 0.1) is 0 Å². The van der Waals surface area contributed by atoms with Crippen LogP contribution in [0.1, 0.15) is 26.2 Å². The van der Waals surface area contributed by atoms with Crippen molar-refractivity contribution < 1.29 is 19.4 Å². The first-order valence-corrected chi connectivity index (χ1v) is 5.80. The van der Waals surface area contributed by atoms with E-state index in [0.29, 0.717) is 25.2 Å². The molecule has 5 heteroatoms. The minimum atomic E-state index is -0.783. The molecule has 0 aliphatic carbocycles. The molecule has 0 spiro atoms. The van der Waals surface area contributed by atoms with Crippen molar-refractivity contribution in [3.8, 4) is 5.75 Å². The van der Waals surface area contributed by atoms with Crippen LogP contribution in [-0.2, 0) is 9.59 Å². The van der Waals surface area contributed by atoms with Gasteiger partial charge in [-0.2, -0.15) is 0 Å². The highest BCUT2D eigenvalue weighted by Crippen LogP contribution is 2.16. The Morgan fingerprint density at radius 3 is 2.44 bits per heavy atom. The molecule has 0 bridgehead atoms. The number of aliphatic carboxylic acids is 1. The van der Waals surface area contributed by atoms with Crippen molar-refractivity contribution in [2.45, 2.75) is 26.2 Å². The summed E-state index contributed by atoms with van der Waals surface area (Å²) >= 11 is 0. The van der Waals surface area contributed by atoms with Crippen LogP contribution in [0.4, 0.5) is 5.69 Å². The summed E-state index contributed by atoms with van der Waals surface area (Å²) in [6.07, 6.45) is 1.49. The van der Waals surface area contributed by atoms with Gasteiger partial charge < -0.3 is 15.2 Å². The maximum atomic E-state index is 10.8. The van der Waals surface area contributed by atoms with E-state index in [0.717, 1.165) is 5.69 Å². The molecule has 0 saturated carbocycles. The summed E-state index contributed by atoms with van der Waals surface area (Å²) < 4.78 is 5.44. The lowest BCUT2D eigenvalue weighted by Gasteiger charge is -2.07. The molecule has 0 saturated heterocycles. The fourth-order valence-corrected chi connectivity index (χ4v) is 1.41. The Labute approximate surface area is 106 Å². The van der Waals surface area contributed by atoms with Crippen LogP contribution in [0.5, 0.6) is 5.75 Å². The fourth-order valence-electron chi connectivity index (χ4n) is 1.41. The molecule has 0 aromatic heterocycles. The van der Waals surface area contributed by atoms with Gasteiger partial charge in [-0.3, -0.25) is 9.59 Å². The number of carbonyl (C=O) groups excluding carboxylic acids is 1. The largest absolute Gasteiger partial charge is 0.494 e. The number of hydrogen-bond acceptors (Lipinski definition) is 3. The van der Waals surface area contributed by atoms with Crippen molar-refractivity contribution in [3.63, 3.8) is 0 Å². The summed E-state index contributed by atoms with van der Waals surface area (Å²) in [4.78, 5) is 21.1. The molecule has 0 fully saturated rings. The third-order valence-corrected chi connectivity index (χ3v) is 2.23. The van der Waals surface area contributed by atoms with E-state index in [1.807, 2.05) is 0 Å². The quantitative estimate of drug-likeness (QED) is 0.729. The predicted octanol–water partition coefficient (Wildman–Crippen LogP) is 2.28. The molecular weight excluding hydrogens is 234 g/mol. The number of rotatable bonds is 7. The monoisotopic (exact) mass is 251 g/mol. The summed E-state index contributed by atoms with van der Waals surface area (Å²) in [5, 5.41) is 11.1. The smallest absolute Gasteiger partial charge is 0.303 e. The highest BCUT2D eigenvalue weighted by atomic mass is 16.5. The lowest BCUT2D eigenvalue weighted by Crippen LogP contribution is -2.05. The molecule has 1 aromatic carbocycles. The maximum Gasteiger partial charge on any atom is 0.303 e. The second-order valence-electron chi connectivity index (χ2n) is 3.90. The van der Waals surface area contributed by atoms with Crippen molar-refractivity contribution >= 4 is 17.6 Å². The number of hydrogen-bond donors (Lipinski definition) is 2. The molecular formula is C13H17NO4. The van der Waals surface area contributed by atoms with Crippen molar-refractivity contribution in [3.05, 3.63) is 24.3 Å². The van der Waals surface area contributed by atoms with Gasteiger partial charge >= 0.3 is 5.97 Å². The molecule has 0 atom stereocenters. The zero-order valence-corrected chi connectivity index (χ0v) is 10.3. The van der Waals surface area contributed by atoms with Crippen molar-refractivity contribution in [1.82, 2.24) is 0 Å². The van der Waals surface area contributed by atoms with E-state index < -0.39 is 5.97 Å². The minimum absolute atomic E-state index is 0.114. The Hall–Kier alpha value is -2.04. The molecule has 5 nitrogen and oxygen atoms in total. The number of unbranched alkanes of at least 4 members (excludes halogenated alkanes) is 1. The molecule has 0 radical (unpaired) electrons. The number of nitrogens with one attached hydrogen (secondary N) is 1. The second kappa shape index (κ2) is 7.32. The number of carbonyl (C=O) groups is 2. The predicted molar refractivity (Wildman–Crippen MR) is 67.7 cm³/mol. The van der Waals surface area contributed by atoms with E-state index in [9.17, 15) is 9.59 Å². The minimum Gasteiger partial charge on any atom is -0.494 e. The van der Waals surface area contributed by atoms with Crippen molar-refractivity contribution in [1.29, 1.82) is 0 Å². The number of amides is 1. The number of carboxylic acid groups (broad SMARTS) is 1. The topological polar surface area (TPSA) is 75.6 Å². The zero-order chi connectivity index (χ0) is 13.4. The molecule has 0 aliphatic heterocycles. The summed E-state index contributed by atoms with van der Waals surface area (Å²) in [6.45, 7) is 1.94. The number of ether oxygens (including phenoxy) is 1. The van der Waals surface area contributed by atoms with Crippen molar-refractivity contribution in [2.24, 2.45) is 0 Å². The average Bonchev–Trinajstić information content (AvgIpc) is 2.30. The van der Waals surface area contributed by atoms with Gasteiger partial charge in [0.1, 0.15) is 5.75 Å². The van der Waals surface area contributed by atoms with Crippen LogP contribution in [0.3, 0.4) is 0 Å². The lowest BCUT2D eigenvalue weighted by atomic mass is 10.2. The molecule has 1 aromatic rings. The van der Waals surface area contributed by atoms with Crippen LogP contribution >= 0.6 is 0 Å². The van der Waals surface area contributed by atoms with Gasteiger partial charge in [0.25, 0.3) is 0 Å². The third-order valence-electron chi connectivity index (χ3n) is 2.23. The highest BCUT2D eigenvalue weighted by molar-refractivity contribution is 5.88. The zero-order valence-electron chi connectivity index (χ0n) is 10.3. The molecule has 0 unspecified atom stereocenters. The fraction of sp³-hybridized carbons (Fsp3) is 0.385.